The third-order valence-corrected chi connectivity index (χ3v) is 5.08. The van der Waals surface area contributed by atoms with E-state index in [1.807, 2.05) is 24.3 Å². The molecule has 29 heavy (non-hydrogen) atoms. The van der Waals surface area contributed by atoms with Crippen LogP contribution in [0.1, 0.15) is 30.9 Å². The van der Waals surface area contributed by atoms with Gasteiger partial charge >= 0.3 is 6.03 Å². The van der Waals surface area contributed by atoms with Gasteiger partial charge in [-0.05, 0) is 36.6 Å². The quantitative estimate of drug-likeness (QED) is 0.670. The SMILES string of the molecule is CCc1ccc(-c2noc(CN3C(=O)NC(C)(c4ccc(F)cc4)C3=O)n2)cc1. The molecule has 1 aliphatic heterocycles. The van der Waals surface area contributed by atoms with Gasteiger partial charge in [0.1, 0.15) is 17.9 Å². The first-order valence-corrected chi connectivity index (χ1v) is 9.23. The van der Waals surface area contributed by atoms with Crippen LogP contribution < -0.4 is 5.32 Å². The second kappa shape index (κ2) is 7.12. The van der Waals surface area contributed by atoms with Gasteiger partial charge in [0.05, 0.1) is 0 Å². The van der Waals surface area contributed by atoms with Gasteiger partial charge in [0.15, 0.2) is 0 Å². The summed E-state index contributed by atoms with van der Waals surface area (Å²) in [5.74, 6) is -0.361. The van der Waals surface area contributed by atoms with Crippen molar-refractivity contribution in [2.24, 2.45) is 0 Å². The molecule has 1 aliphatic rings. The molecule has 7 nitrogen and oxygen atoms in total. The molecule has 1 aromatic heterocycles. The Balaban J connectivity index is 1.54. The van der Waals surface area contributed by atoms with Gasteiger partial charge in [-0.1, -0.05) is 48.5 Å². The molecule has 3 aromatic rings. The van der Waals surface area contributed by atoms with Crippen LogP contribution in [0.2, 0.25) is 0 Å². The van der Waals surface area contributed by atoms with Crippen LogP contribution in [-0.4, -0.2) is 27.0 Å². The Morgan fingerprint density at radius 1 is 1.10 bits per heavy atom. The molecule has 0 radical (unpaired) electrons. The van der Waals surface area contributed by atoms with E-state index in [4.69, 9.17) is 4.52 Å². The summed E-state index contributed by atoms with van der Waals surface area (Å²) in [5.41, 5.74) is 1.17. The average molecular weight is 394 g/mol. The van der Waals surface area contributed by atoms with Crippen molar-refractivity contribution in [3.63, 3.8) is 0 Å². The molecular formula is C21H19FN4O3. The third kappa shape index (κ3) is 3.37. The zero-order chi connectivity index (χ0) is 20.6. The van der Waals surface area contributed by atoms with Crippen LogP contribution in [0, 0.1) is 5.82 Å². The van der Waals surface area contributed by atoms with E-state index in [1.165, 1.54) is 29.8 Å². The van der Waals surface area contributed by atoms with Crippen molar-refractivity contribution in [2.45, 2.75) is 32.4 Å². The Labute approximate surface area is 166 Å². The molecule has 4 rings (SSSR count). The summed E-state index contributed by atoms with van der Waals surface area (Å²) in [6.45, 7) is 3.50. The molecule has 1 saturated heterocycles. The van der Waals surface area contributed by atoms with Crippen molar-refractivity contribution in [1.82, 2.24) is 20.4 Å². The number of carbonyl (C=O) groups is 2. The molecule has 0 spiro atoms. The lowest BCUT2D eigenvalue weighted by Crippen LogP contribution is -2.40. The summed E-state index contributed by atoms with van der Waals surface area (Å²) in [6, 6.07) is 12.6. The largest absolute Gasteiger partial charge is 0.337 e. The molecule has 3 amide bonds. The van der Waals surface area contributed by atoms with E-state index in [-0.39, 0.29) is 12.4 Å². The second-order valence-electron chi connectivity index (χ2n) is 7.02. The van der Waals surface area contributed by atoms with Gasteiger partial charge in [0.25, 0.3) is 5.91 Å². The van der Waals surface area contributed by atoms with Gasteiger partial charge in [-0.25, -0.2) is 9.18 Å². The van der Waals surface area contributed by atoms with Gasteiger partial charge in [-0.2, -0.15) is 4.98 Å². The van der Waals surface area contributed by atoms with Crippen LogP contribution in [0.15, 0.2) is 53.1 Å². The molecule has 0 aliphatic carbocycles. The van der Waals surface area contributed by atoms with Crippen LogP contribution in [0.4, 0.5) is 9.18 Å². The van der Waals surface area contributed by atoms with Gasteiger partial charge in [0.2, 0.25) is 11.7 Å². The molecule has 148 valence electrons. The number of aryl methyl sites for hydroxylation is 1. The Morgan fingerprint density at radius 2 is 1.79 bits per heavy atom. The summed E-state index contributed by atoms with van der Waals surface area (Å²) in [7, 11) is 0. The molecule has 2 heterocycles. The van der Waals surface area contributed by atoms with E-state index in [1.54, 1.807) is 6.92 Å². The first-order valence-electron chi connectivity index (χ1n) is 9.23. The van der Waals surface area contributed by atoms with Crippen molar-refractivity contribution < 1.29 is 18.5 Å². The van der Waals surface area contributed by atoms with Gasteiger partial charge in [0, 0.05) is 5.56 Å². The van der Waals surface area contributed by atoms with Crippen molar-refractivity contribution >= 4 is 11.9 Å². The molecule has 1 atom stereocenters. The number of amides is 3. The van der Waals surface area contributed by atoms with Gasteiger partial charge in [-0.3, -0.25) is 9.69 Å². The number of hydrogen-bond donors (Lipinski definition) is 1. The summed E-state index contributed by atoms with van der Waals surface area (Å²) < 4.78 is 18.4. The zero-order valence-corrected chi connectivity index (χ0v) is 16.0. The fourth-order valence-electron chi connectivity index (χ4n) is 3.28. The van der Waals surface area contributed by atoms with E-state index in [9.17, 15) is 14.0 Å². The minimum absolute atomic E-state index is 0.145. The predicted octanol–water partition coefficient (Wildman–Crippen LogP) is 3.41. The molecule has 1 N–H and O–H groups in total. The number of urea groups is 1. The summed E-state index contributed by atoms with van der Waals surface area (Å²) >= 11 is 0. The zero-order valence-electron chi connectivity index (χ0n) is 16.0. The number of rotatable bonds is 5. The van der Waals surface area contributed by atoms with E-state index in [2.05, 4.69) is 22.4 Å². The van der Waals surface area contributed by atoms with Crippen LogP contribution >= 0.6 is 0 Å². The van der Waals surface area contributed by atoms with Gasteiger partial charge in [-0.15, -0.1) is 0 Å². The Bertz CT molecular complexity index is 1060. The number of hydrogen-bond acceptors (Lipinski definition) is 5. The summed E-state index contributed by atoms with van der Waals surface area (Å²) in [4.78, 5) is 30.7. The normalized spacial score (nSPS) is 18.9. The Morgan fingerprint density at radius 3 is 2.45 bits per heavy atom. The Hall–Kier alpha value is -3.55. The van der Waals surface area contributed by atoms with E-state index in [0.717, 1.165) is 16.9 Å². The highest BCUT2D eigenvalue weighted by Gasteiger charge is 2.49. The number of aromatic nitrogens is 2. The second-order valence-corrected chi connectivity index (χ2v) is 7.02. The smallest absolute Gasteiger partial charge is 0.325 e. The first kappa shape index (κ1) is 18.8. The van der Waals surface area contributed by atoms with E-state index >= 15 is 0 Å². The summed E-state index contributed by atoms with van der Waals surface area (Å²) in [6.07, 6.45) is 0.927. The molecule has 0 bridgehead atoms. The lowest BCUT2D eigenvalue weighted by molar-refractivity contribution is -0.131. The Kier molecular flexibility index (Phi) is 4.62. The van der Waals surface area contributed by atoms with E-state index < -0.39 is 23.3 Å². The molecule has 0 saturated carbocycles. The first-order chi connectivity index (χ1) is 13.9. The van der Waals surface area contributed by atoms with Crippen LogP contribution in [-0.2, 0) is 23.3 Å². The van der Waals surface area contributed by atoms with Crippen molar-refractivity contribution in [3.8, 4) is 11.4 Å². The van der Waals surface area contributed by atoms with Gasteiger partial charge < -0.3 is 9.84 Å². The number of halogens is 1. The molecule has 1 fully saturated rings. The number of benzene rings is 2. The highest BCUT2D eigenvalue weighted by atomic mass is 19.1. The van der Waals surface area contributed by atoms with Crippen molar-refractivity contribution in [2.75, 3.05) is 0 Å². The molecule has 2 aromatic carbocycles. The monoisotopic (exact) mass is 394 g/mol. The number of carbonyl (C=O) groups excluding carboxylic acids is 2. The minimum Gasteiger partial charge on any atom is -0.337 e. The highest BCUT2D eigenvalue weighted by Crippen LogP contribution is 2.30. The maximum atomic E-state index is 13.2. The standard InChI is InChI=1S/C21H19FN4O3/c1-3-13-4-6-14(7-5-13)18-23-17(29-25-18)12-26-19(27)21(2,24-20(26)28)15-8-10-16(22)11-9-15/h4-11H,3,12H2,1-2H3,(H,24,28). The van der Waals surface area contributed by atoms with Crippen LogP contribution in [0.25, 0.3) is 11.4 Å². The summed E-state index contributed by atoms with van der Waals surface area (Å²) in [5, 5.41) is 6.60. The molecular weight excluding hydrogens is 375 g/mol. The third-order valence-electron chi connectivity index (χ3n) is 5.08. The lowest BCUT2D eigenvalue weighted by Gasteiger charge is -2.21. The number of nitrogens with zero attached hydrogens (tertiary/aromatic N) is 3. The lowest BCUT2D eigenvalue weighted by atomic mass is 9.92. The minimum atomic E-state index is -1.29. The highest BCUT2D eigenvalue weighted by molar-refractivity contribution is 6.07. The fraction of sp³-hybridized carbons (Fsp3) is 0.238. The predicted molar refractivity (Wildman–Crippen MR) is 102 cm³/mol. The van der Waals surface area contributed by atoms with Crippen molar-refractivity contribution in [3.05, 3.63) is 71.4 Å². The average Bonchev–Trinajstić information content (AvgIpc) is 3.28. The van der Waals surface area contributed by atoms with E-state index in [0.29, 0.717) is 11.4 Å². The molecule has 8 heteroatoms. The van der Waals surface area contributed by atoms with Crippen LogP contribution in [0.5, 0.6) is 0 Å². The molecule has 1 unspecified atom stereocenters. The number of imide groups is 1. The topological polar surface area (TPSA) is 88.3 Å². The van der Waals surface area contributed by atoms with Crippen molar-refractivity contribution in [1.29, 1.82) is 0 Å². The number of nitrogens with one attached hydrogen (secondary N) is 1. The maximum absolute atomic E-state index is 13.2. The fourth-order valence-corrected chi connectivity index (χ4v) is 3.28. The maximum Gasteiger partial charge on any atom is 0.325 e. The van der Waals surface area contributed by atoms with Crippen LogP contribution in [0.3, 0.4) is 0 Å².